The maximum absolute atomic E-state index is 3.70. The lowest BCUT2D eigenvalue weighted by Crippen LogP contribution is -1.82. The average Bonchev–Trinajstić information content (AvgIpc) is 2.61. The van der Waals surface area contributed by atoms with E-state index in [0.29, 0.717) is 0 Å². The monoisotopic (exact) mass is 356 g/mol. The molecule has 108 valence electrons. The van der Waals surface area contributed by atoms with Crippen molar-refractivity contribution in [3.63, 3.8) is 0 Å². The summed E-state index contributed by atoms with van der Waals surface area (Å²) in [6.07, 6.45) is 0. The van der Waals surface area contributed by atoms with Gasteiger partial charge in [0.05, 0.1) is 0 Å². The molecular weight excluding hydrogens is 344 g/mol. The van der Waals surface area contributed by atoms with Crippen LogP contribution in [-0.2, 0) is 0 Å². The Morgan fingerprint density at radius 1 is 0.522 bits per heavy atom. The molecule has 0 bridgehead atoms. The molecule has 4 aromatic rings. The van der Waals surface area contributed by atoms with Gasteiger partial charge in [0.2, 0.25) is 0 Å². The molecule has 0 aromatic heterocycles. The first-order valence-electron chi connectivity index (χ1n) is 7.50. The number of halogens is 1. The van der Waals surface area contributed by atoms with Crippen LogP contribution in [0.5, 0.6) is 0 Å². The molecule has 0 aliphatic rings. The molecule has 23 heavy (non-hydrogen) atoms. The SMILES string of the molecule is Brc1c(C#Cc2cccc3ccccc23)ccc2ccccc12. The summed E-state index contributed by atoms with van der Waals surface area (Å²) in [6.45, 7) is 0. The molecule has 0 aliphatic heterocycles. The first-order chi connectivity index (χ1) is 11.3. The summed E-state index contributed by atoms with van der Waals surface area (Å²) < 4.78 is 1.06. The second-order valence-electron chi connectivity index (χ2n) is 5.42. The van der Waals surface area contributed by atoms with Gasteiger partial charge in [-0.05, 0) is 49.6 Å². The smallest absolute Gasteiger partial charge is 0.0410 e. The molecule has 0 unspecified atom stereocenters. The Morgan fingerprint density at radius 3 is 1.96 bits per heavy atom. The Balaban J connectivity index is 1.85. The molecule has 0 heterocycles. The summed E-state index contributed by atoms with van der Waals surface area (Å²) in [5.74, 6) is 6.65. The van der Waals surface area contributed by atoms with Crippen molar-refractivity contribution in [3.8, 4) is 11.8 Å². The minimum atomic E-state index is 1.01. The highest BCUT2D eigenvalue weighted by atomic mass is 79.9. The normalized spacial score (nSPS) is 10.5. The summed E-state index contributed by atoms with van der Waals surface area (Å²) in [6, 6.07) is 27.1. The minimum absolute atomic E-state index is 1.01. The topological polar surface area (TPSA) is 0 Å². The minimum Gasteiger partial charge on any atom is -0.0616 e. The van der Waals surface area contributed by atoms with Gasteiger partial charge in [-0.25, -0.2) is 0 Å². The standard InChI is InChI=1S/C22H13Br/c23-22-19(15-13-18-7-2-4-11-21(18)22)14-12-17-9-5-8-16-6-1-3-10-20(16)17/h1-11,13,15H. The van der Waals surface area contributed by atoms with Crippen LogP contribution >= 0.6 is 15.9 Å². The number of hydrogen-bond donors (Lipinski definition) is 0. The molecule has 0 radical (unpaired) electrons. The zero-order valence-electron chi connectivity index (χ0n) is 12.4. The second kappa shape index (κ2) is 5.91. The Morgan fingerprint density at radius 2 is 1.13 bits per heavy atom. The maximum atomic E-state index is 3.70. The lowest BCUT2D eigenvalue weighted by Gasteiger charge is -2.03. The molecule has 0 nitrogen and oxygen atoms in total. The van der Waals surface area contributed by atoms with Crippen LogP contribution < -0.4 is 0 Å². The van der Waals surface area contributed by atoms with E-state index in [4.69, 9.17) is 0 Å². The molecule has 4 aromatic carbocycles. The highest BCUT2D eigenvalue weighted by Gasteiger charge is 2.02. The summed E-state index contributed by atoms with van der Waals surface area (Å²) in [5, 5.41) is 4.82. The average molecular weight is 357 g/mol. The van der Waals surface area contributed by atoms with Crippen LogP contribution in [0.1, 0.15) is 11.1 Å². The van der Waals surface area contributed by atoms with Gasteiger partial charge >= 0.3 is 0 Å². The van der Waals surface area contributed by atoms with Gasteiger partial charge in [0, 0.05) is 15.6 Å². The van der Waals surface area contributed by atoms with Gasteiger partial charge in [0.1, 0.15) is 0 Å². The van der Waals surface area contributed by atoms with E-state index >= 15 is 0 Å². The third-order valence-electron chi connectivity index (χ3n) is 3.98. The second-order valence-corrected chi connectivity index (χ2v) is 6.22. The van der Waals surface area contributed by atoms with E-state index < -0.39 is 0 Å². The summed E-state index contributed by atoms with van der Waals surface area (Å²) in [4.78, 5) is 0. The number of rotatable bonds is 0. The molecule has 0 aliphatic carbocycles. The largest absolute Gasteiger partial charge is 0.0616 e. The molecule has 1 heteroatoms. The lowest BCUT2D eigenvalue weighted by atomic mass is 10.0. The summed E-state index contributed by atoms with van der Waals surface area (Å²) >= 11 is 3.70. The van der Waals surface area contributed by atoms with Crippen LogP contribution in [0.25, 0.3) is 21.5 Å². The third-order valence-corrected chi connectivity index (χ3v) is 4.84. The first-order valence-corrected chi connectivity index (χ1v) is 8.29. The Kier molecular flexibility index (Phi) is 3.61. The van der Waals surface area contributed by atoms with E-state index in [2.05, 4.69) is 107 Å². The fourth-order valence-corrected chi connectivity index (χ4v) is 3.39. The van der Waals surface area contributed by atoms with Crippen molar-refractivity contribution >= 4 is 37.5 Å². The molecule has 0 spiro atoms. The van der Waals surface area contributed by atoms with E-state index in [9.17, 15) is 0 Å². The third kappa shape index (κ3) is 2.63. The molecule has 0 saturated heterocycles. The maximum Gasteiger partial charge on any atom is 0.0410 e. The fourth-order valence-electron chi connectivity index (χ4n) is 2.80. The van der Waals surface area contributed by atoms with Crippen LogP contribution in [0, 0.1) is 11.8 Å². The molecule has 0 fully saturated rings. The van der Waals surface area contributed by atoms with Crippen molar-refractivity contribution in [1.29, 1.82) is 0 Å². The van der Waals surface area contributed by atoms with Crippen LogP contribution in [-0.4, -0.2) is 0 Å². The molecule has 4 rings (SSSR count). The summed E-state index contributed by atoms with van der Waals surface area (Å²) in [7, 11) is 0. The van der Waals surface area contributed by atoms with Crippen molar-refractivity contribution in [3.05, 3.63) is 94.5 Å². The highest BCUT2D eigenvalue weighted by Crippen LogP contribution is 2.27. The van der Waals surface area contributed by atoms with Crippen molar-refractivity contribution in [2.45, 2.75) is 0 Å². The number of fused-ring (bicyclic) bond motifs is 2. The zero-order chi connectivity index (χ0) is 15.6. The van der Waals surface area contributed by atoms with E-state index in [0.717, 1.165) is 15.6 Å². The predicted octanol–water partition coefficient (Wildman–Crippen LogP) is 6.16. The first kappa shape index (κ1) is 14.1. The summed E-state index contributed by atoms with van der Waals surface area (Å²) in [5.41, 5.74) is 2.07. The predicted molar refractivity (Wildman–Crippen MR) is 102 cm³/mol. The van der Waals surface area contributed by atoms with Crippen molar-refractivity contribution in [2.24, 2.45) is 0 Å². The van der Waals surface area contributed by atoms with E-state index in [1.807, 2.05) is 0 Å². The fraction of sp³-hybridized carbons (Fsp3) is 0. The van der Waals surface area contributed by atoms with Crippen molar-refractivity contribution < 1.29 is 0 Å². The van der Waals surface area contributed by atoms with Crippen LogP contribution in [0.3, 0.4) is 0 Å². The van der Waals surface area contributed by atoms with Gasteiger partial charge in [-0.1, -0.05) is 78.6 Å². The van der Waals surface area contributed by atoms with Gasteiger partial charge in [0.15, 0.2) is 0 Å². The van der Waals surface area contributed by atoms with Crippen LogP contribution in [0.2, 0.25) is 0 Å². The van der Waals surface area contributed by atoms with E-state index in [1.54, 1.807) is 0 Å². The number of hydrogen-bond acceptors (Lipinski definition) is 0. The van der Waals surface area contributed by atoms with E-state index in [-0.39, 0.29) is 0 Å². The van der Waals surface area contributed by atoms with Gasteiger partial charge in [0.25, 0.3) is 0 Å². The number of benzene rings is 4. The van der Waals surface area contributed by atoms with Crippen molar-refractivity contribution in [1.82, 2.24) is 0 Å². The molecule has 0 N–H and O–H groups in total. The van der Waals surface area contributed by atoms with Gasteiger partial charge < -0.3 is 0 Å². The van der Waals surface area contributed by atoms with Gasteiger partial charge in [-0.15, -0.1) is 0 Å². The molecule has 0 atom stereocenters. The quantitative estimate of drug-likeness (QED) is 0.331. The van der Waals surface area contributed by atoms with Crippen LogP contribution in [0.15, 0.2) is 83.3 Å². The molecule has 0 amide bonds. The zero-order valence-corrected chi connectivity index (χ0v) is 14.0. The van der Waals surface area contributed by atoms with Crippen LogP contribution in [0.4, 0.5) is 0 Å². The Hall–Kier alpha value is -2.56. The lowest BCUT2D eigenvalue weighted by molar-refractivity contribution is 1.64. The highest BCUT2D eigenvalue weighted by molar-refractivity contribution is 9.10. The molecule has 0 saturated carbocycles. The Bertz CT molecular complexity index is 1080. The van der Waals surface area contributed by atoms with Gasteiger partial charge in [-0.2, -0.15) is 0 Å². The van der Waals surface area contributed by atoms with Crippen molar-refractivity contribution in [2.75, 3.05) is 0 Å². The Labute approximate surface area is 143 Å². The van der Waals surface area contributed by atoms with Gasteiger partial charge in [-0.3, -0.25) is 0 Å². The molecular formula is C22H13Br. The van der Waals surface area contributed by atoms with E-state index in [1.165, 1.54) is 21.5 Å².